The average molecular weight is 491 g/mol. The number of hydrogen-bond acceptors (Lipinski definition) is 4. The number of aromatic nitrogens is 3. The smallest absolute Gasteiger partial charge is 0.191 e. The molecule has 0 spiro atoms. The van der Waals surface area contributed by atoms with Gasteiger partial charge >= 0.3 is 0 Å². The van der Waals surface area contributed by atoms with Crippen LogP contribution < -0.4 is 10.6 Å². The Hall–Kier alpha value is -0.900. The van der Waals surface area contributed by atoms with Crippen molar-refractivity contribution in [3.8, 4) is 0 Å². The zero-order valence-corrected chi connectivity index (χ0v) is 20.2. The number of nitrogens with one attached hydrogen (secondary N) is 2. The number of nitrogens with zero attached hydrogens (tertiary/aromatic N) is 5. The monoisotopic (exact) mass is 491 g/mol. The van der Waals surface area contributed by atoms with Crippen LogP contribution in [0.1, 0.15) is 65.0 Å². The molecule has 1 heterocycles. The molecule has 0 amide bonds. The third kappa shape index (κ3) is 7.56. The summed E-state index contributed by atoms with van der Waals surface area (Å²) < 4.78 is 2.00. The van der Waals surface area contributed by atoms with Gasteiger partial charge in [0, 0.05) is 38.3 Å². The maximum absolute atomic E-state index is 4.77. The molecular formula is C19H38IN7. The Morgan fingerprint density at radius 1 is 1.19 bits per heavy atom. The van der Waals surface area contributed by atoms with Crippen LogP contribution in [0.25, 0.3) is 0 Å². The van der Waals surface area contributed by atoms with Crippen LogP contribution in [0.2, 0.25) is 0 Å². The van der Waals surface area contributed by atoms with Crippen molar-refractivity contribution in [2.24, 2.45) is 12.0 Å². The molecule has 0 atom stereocenters. The summed E-state index contributed by atoms with van der Waals surface area (Å²) >= 11 is 0. The molecule has 1 aliphatic carbocycles. The first-order valence-corrected chi connectivity index (χ1v) is 10.0. The molecule has 0 aromatic carbocycles. The highest BCUT2D eigenvalue weighted by molar-refractivity contribution is 14.0. The SMILES string of the molecule is Cc1nnc(CN=C(NCCN(C(C)C)C(C)C)NC2CCCC2)n1C.I. The van der Waals surface area contributed by atoms with Gasteiger partial charge in [0.1, 0.15) is 12.4 Å². The lowest BCUT2D eigenvalue weighted by Crippen LogP contribution is -2.47. The van der Waals surface area contributed by atoms with Crippen LogP contribution in [0.5, 0.6) is 0 Å². The van der Waals surface area contributed by atoms with Crippen molar-refractivity contribution in [3.05, 3.63) is 11.6 Å². The molecule has 27 heavy (non-hydrogen) atoms. The quantitative estimate of drug-likeness (QED) is 0.333. The summed E-state index contributed by atoms with van der Waals surface area (Å²) in [6.45, 7) is 13.4. The number of aryl methyl sites for hydroxylation is 1. The van der Waals surface area contributed by atoms with Crippen molar-refractivity contribution in [2.45, 2.75) is 85.0 Å². The summed E-state index contributed by atoms with van der Waals surface area (Å²) in [6.07, 6.45) is 5.07. The van der Waals surface area contributed by atoms with Gasteiger partial charge in [0.25, 0.3) is 0 Å². The Labute approximate surface area is 181 Å². The van der Waals surface area contributed by atoms with E-state index in [1.54, 1.807) is 0 Å². The van der Waals surface area contributed by atoms with E-state index in [2.05, 4.69) is 53.4 Å². The largest absolute Gasteiger partial charge is 0.355 e. The molecular weight excluding hydrogens is 453 g/mol. The summed E-state index contributed by atoms with van der Waals surface area (Å²) in [4.78, 5) is 7.26. The first-order chi connectivity index (χ1) is 12.4. The highest BCUT2D eigenvalue weighted by Crippen LogP contribution is 2.17. The van der Waals surface area contributed by atoms with Crippen molar-refractivity contribution in [1.29, 1.82) is 0 Å². The fraction of sp³-hybridized carbons (Fsp3) is 0.842. The molecule has 1 fully saturated rings. The van der Waals surface area contributed by atoms with E-state index >= 15 is 0 Å². The van der Waals surface area contributed by atoms with E-state index in [9.17, 15) is 0 Å². The predicted molar refractivity (Wildman–Crippen MR) is 123 cm³/mol. The van der Waals surface area contributed by atoms with Gasteiger partial charge in [-0.2, -0.15) is 0 Å². The lowest BCUT2D eigenvalue weighted by molar-refractivity contribution is 0.178. The normalized spacial score (nSPS) is 15.7. The Kier molecular flexibility index (Phi) is 10.6. The maximum Gasteiger partial charge on any atom is 0.191 e. The van der Waals surface area contributed by atoms with E-state index in [1.807, 2.05) is 18.5 Å². The third-order valence-corrected chi connectivity index (χ3v) is 5.25. The predicted octanol–water partition coefficient (Wildman–Crippen LogP) is 2.84. The molecule has 1 aromatic rings. The molecule has 0 radical (unpaired) electrons. The molecule has 2 N–H and O–H groups in total. The summed E-state index contributed by atoms with van der Waals surface area (Å²) in [5, 5.41) is 15.5. The molecule has 7 nitrogen and oxygen atoms in total. The van der Waals surface area contributed by atoms with Crippen LogP contribution in [0.15, 0.2) is 4.99 Å². The van der Waals surface area contributed by atoms with Gasteiger partial charge in [0.05, 0.1) is 0 Å². The molecule has 0 unspecified atom stereocenters. The molecule has 0 aliphatic heterocycles. The van der Waals surface area contributed by atoms with Crippen LogP contribution in [-0.2, 0) is 13.6 Å². The van der Waals surface area contributed by atoms with Gasteiger partial charge < -0.3 is 15.2 Å². The molecule has 156 valence electrons. The Morgan fingerprint density at radius 2 is 1.81 bits per heavy atom. The van der Waals surface area contributed by atoms with E-state index in [0.717, 1.165) is 30.7 Å². The standard InChI is InChI=1S/C19H37N7.HI/c1-14(2)26(15(3)4)12-11-20-19(22-17-9-7-8-10-17)21-13-18-24-23-16(5)25(18)6;/h14-15,17H,7-13H2,1-6H3,(H2,20,21,22);1H. The molecule has 1 aliphatic rings. The van der Waals surface area contributed by atoms with E-state index in [1.165, 1.54) is 25.7 Å². The van der Waals surface area contributed by atoms with E-state index in [0.29, 0.717) is 24.7 Å². The Balaban J connectivity index is 0.00000364. The van der Waals surface area contributed by atoms with Crippen molar-refractivity contribution in [1.82, 2.24) is 30.3 Å². The van der Waals surface area contributed by atoms with E-state index in [4.69, 9.17) is 4.99 Å². The minimum atomic E-state index is 0. The summed E-state index contributed by atoms with van der Waals surface area (Å²) in [6, 6.07) is 1.62. The second kappa shape index (κ2) is 11.8. The van der Waals surface area contributed by atoms with Crippen molar-refractivity contribution in [3.63, 3.8) is 0 Å². The highest BCUT2D eigenvalue weighted by atomic mass is 127. The molecule has 1 saturated carbocycles. The van der Waals surface area contributed by atoms with Crippen molar-refractivity contribution in [2.75, 3.05) is 13.1 Å². The third-order valence-electron chi connectivity index (χ3n) is 5.25. The second-order valence-corrected chi connectivity index (χ2v) is 7.87. The van der Waals surface area contributed by atoms with Gasteiger partial charge in [-0.25, -0.2) is 4.99 Å². The fourth-order valence-corrected chi connectivity index (χ4v) is 3.57. The van der Waals surface area contributed by atoms with Crippen LogP contribution >= 0.6 is 24.0 Å². The van der Waals surface area contributed by atoms with Gasteiger partial charge in [0.15, 0.2) is 11.8 Å². The Morgan fingerprint density at radius 3 is 2.33 bits per heavy atom. The lowest BCUT2D eigenvalue weighted by atomic mass is 10.2. The zero-order valence-electron chi connectivity index (χ0n) is 17.8. The number of guanidine groups is 1. The topological polar surface area (TPSA) is 70.4 Å². The summed E-state index contributed by atoms with van der Waals surface area (Å²) in [7, 11) is 1.99. The van der Waals surface area contributed by atoms with Gasteiger partial charge in [-0.1, -0.05) is 12.8 Å². The molecule has 1 aromatic heterocycles. The lowest BCUT2D eigenvalue weighted by Gasteiger charge is -2.30. The molecule has 0 saturated heterocycles. The minimum absolute atomic E-state index is 0. The second-order valence-electron chi connectivity index (χ2n) is 7.87. The fourth-order valence-electron chi connectivity index (χ4n) is 3.57. The van der Waals surface area contributed by atoms with Crippen LogP contribution in [-0.4, -0.2) is 56.8 Å². The van der Waals surface area contributed by atoms with Gasteiger partial charge in [-0.15, -0.1) is 34.2 Å². The number of hydrogen-bond donors (Lipinski definition) is 2. The first-order valence-electron chi connectivity index (χ1n) is 10.0. The van der Waals surface area contributed by atoms with Crippen LogP contribution in [0.3, 0.4) is 0 Å². The van der Waals surface area contributed by atoms with E-state index < -0.39 is 0 Å². The number of rotatable bonds is 8. The Bertz CT molecular complexity index is 569. The minimum Gasteiger partial charge on any atom is -0.355 e. The number of aliphatic imine (C=N–C) groups is 1. The van der Waals surface area contributed by atoms with Crippen LogP contribution in [0, 0.1) is 6.92 Å². The van der Waals surface area contributed by atoms with Crippen LogP contribution in [0.4, 0.5) is 0 Å². The molecule has 2 rings (SSSR count). The van der Waals surface area contributed by atoms with E-state index in [-0.39, 0.29) is 24.0 Å². The maximum atomic E-state index is 4.77. The van der Waals surface area contributed by atoms with Gasteiger partial charge in [-0.05, 0) is 47.5 Å². The summed E-state index contributed by atoms with van der Waals surface area (Å²) in [5.41, 5.74) is 0. The summed E-state index contributed by atoms with van der Waals surface area (Å²) in [5.74, 6) is 2.70. The van der Waals surface area contributed by atoms with Crippen molar-refractivity contribution >= 4 is 29.9 Å². The zero-order chi connectivity index (χ0) is 19.1. The molecule has 8 heteroatoms. The first kappa shape index (κ1) is 24.1. The van der Waals surface area contributed by atoms with Crippen molar-refractivity contribution < 1.29 is 0 Å². The number of halogens is 1. The highest BCUT2D eigenvalue weighted by Gasteiger charge is 2.17. The van der Waals surface area contributed by atoms with Gasteiger partial charge in [-0.3, -0.25) is 4.90 Å². The average Bonchev–Trinajstić information content (AvgIpc) is 3.19. The molecule has 0 bridgehead atoms. The van der Waals surface area contributed by atoms with Gasteiger partial charge in [0.2, 0.25) is 0 Å².